The average molecular weight is 269 g/mol. The van der Waals surface area contributed by atoms with Crippen molar-refractivity contribution >= 4 is 17.7 Å². The van der Waals surface area contributed by atoms with Gasteiger partial charge in [-0.25, -0.2) is 9.97 Å². The van der Waals surface area contributed by atoms with E-state index in [-0.39, 0.29) is 5.25 Å². The van der Waals surface area contributed by atoms with Crippen molar-refractivity contribution in [2.24, 2.45) is 0 Å². The molecule has 2 N–H and O–H groups in total. The summed E-state index contributed by atoms with van der Waals surface area (Å²) in [6.45, 7) is 6.22. The summed E-state index contributed by atoms with van der Waals surface area (Å²) in [5.74, 6) is -0.828. The lowest BCUT2D eigenvalue weighted by molar-refractivity contribution is -0.144. The Morgan fingerprint density at radius 3 is 2.67 bits per heavy atom. The van der Waals surface area contributed by atoms with Gasteiger partial charge in [-0.1, -0.05) is 25.6 Å². The molecular formula is C12H19N3O2S. The number of rotatable bonds is 7. The van der Waals surface area contributed by atoms with Crippen LogP contribution in [-0.4, -0.2) is 38.4 Å². The number of nitrogens with zero attached hydrogens (tertiary/aromatic N) is 2. The molecule has 0 amide bonds. The van der Waals surface area contributed by atoms with Crippen molar-refractivity contribution in [2.45, 2.75) is 43.1 Å². The topological polar surface area (TPSA) is 75.1 Å². The lowest BCUT2D eigenvalue weighted by atomic mass is 9.96. The SMILES string of the molecule is CCNC(C)(CC(C)Sc1ncccn1)C(=O)O. The molecule has 0 aliphatic heterocycles. The van der Waals surface area contributed by atoms with Crippen LogP contribution >= 0.6 is 11.8 Å². The summed E-state index contributed by atoms with van der Waals surface area (Å²) >= 11 is 1.49. The monoisotopic (exact) mass is 269 g/mol. The molecule has 0 aliphatic carbocycles. The molecule has 5 nitrogen and oxygen atoms in total. The molecule has 1 heterocycles. The summed E-state index contributed by atoms with van der Waals surface area (Å²) in [5, 5.41) is 13.1. The molecule has 1 aromatic rings. The van der Waals surface area contributed by atoms with E-state index in [9.17, 15) is 9.90 Å². The van der Waals surface area contributed by atoms with Crippen LogP contribution in [0.15, 0.2) is 23.6 Å². The summed E-state index contributed by atoms with van der Waals surface area (Å²) in [6.07, 6.45) is 3.88. The molecule has 2 atom stereocenters. The second-order valence-corrected chi connectivity index (χ2v) is 5.74. The molecule has 0 bridgehead atoms. The Bertz CT molecular complexity index is 388. The molecule has 0 saturated heterocycles. The molecule has 2 unspecified atom stereocenters. The lowest BCUT2D eigenvalue weighted by Crippen LogP contribution is -2.50. The molecule has 0 saturated carbocycles. The molecule has 0 radical (unpaired) electrons. The van der Waals surface area contributed by atoms with E-state index >= 15 is 0 Å². The fourth-order valence-corrected chi connectivity index (χ4v) is 2.79. The first-order valence-electron chi connectivity index (χ1n) is 5.90. The Morgan fingerprint density at radius 1 is 1.56 bits per heavy atom. The minimum Gasteiger partial charge on any atom is -0.480 e. The second kappa shape index (κ2) is 6.70. The maximum absolute atomic E-state index is 11.3. The molecule has 0 spiro atoms. The first-order valence-corrected chi connectivity index (χ1v) is 6.78. The summed E-state index contributed by atoms with van der Waals surface area (Å²) in [5.41, 5.74) is -0.907. The Labute approximate surface area is 111 Å². The van der Waals surface area contributed by atoms with E-state index in [2.05, 4.69) is 15.3 Å². The zero-order chi connectivity index (χ0) is 13.6. The van der Waals surface area contributed by atoms with Gasteiger partial charge in [-0.3, -0.25) is 4.79 Å². The summed E-state index contributed by atoms with van der Waals surface area (Å²) in [7, 11) is 0. The summed E-state index contributed by atoms with van der Waals surface area (Å²) in [6, 6.07) is 1.76. The number of nitrogens with one attached hydrogen (secondary N) is 1. The summed E-state index contributed by atoms with van der Waals surface area (Å²) in [4.78, 5) is 19.5. The van der Waals surface area contributed by atoms with Crippen LogP contribution in [0.3, 0.4) is 0 Å². The second-order valence-electron chi connectivity index (χ2n) is 4.33. The van der Waals surface area contributed by atoms with Gasteiger partial charge in [0, 0.05) is 17.6 Å². The van der Waals surface area contributed by atoms with E-state index < -0.39 is 11.5 Å². The highest BCUT2D eigenvalue weighted by Gasteiger charge is 2.34. The van der Waals surface area contributed by atoms with Crippen molar-refractivity contribution < 1.29 is 9.90 Å². The predicted molar refractivity (Wildman–Crippen MR) is 71.7 cm³/mol. The van der Waals surface area contributed by atoms with Crippen LogP contribution in [0.4, 0.5) is 0 Å². The van der Waals surface area contributed by atoms with Crippen LogP contribution in [-0.2, 0) is 4.79 Å². The van der Waals surface area contributed by atoms with E-state index in [1.54, 1.807) is 25.4 Å². The van der Waals surface area contributed by atoms with Gasteiger partial charge >= 0.3 is 5.97 Å². The maximum Gasteiger partial charge on any atom is 0.323 e. The fourth-order valence-electron chi connectivity index (χ4n) is 1.77. The van der Waals surface area contributed by atoms with Gasteiger partial charge in [-0.05, 0) is 26.0 Å². The van der Waals surface area contributed by atoms with Gasteiger partial charge in [0.2, 0.25) is 0 Å². The van der Waals surface area contributed by atoms with Gasteiger partial charge < -0.3 is 10.4 Å². The first kappa shape index (κ1) is 14.9. The molecule has 0 fully saturated rings. The highest BCUT2D eigenvalue weighted by atomic mass is 32.2. The van der Waals surface area contributed by atoms with Crippen LogP contribution in [0.25, 0.3) is 0 Å². The minimum atomic E-state index is -0.907. The third-order valence-corrected chi connectivity index (χ3v) is 3.57. The van der Waals surface area contributed by atoms with Gasteiger partial charge in [-0.2, -0.15) is 0 Å². The number of thioether (sulfide) groups is 1. The van der Waals surface area contributed by atoms with E-state index in [1.165, 1.54) is 11.8 Å². The highest BCUT2D eigenvalue weighted by molar-refractivity contribution is 7.99. The van der Waals surface area contributed by atoms with E-state index in [4.69, 9.17) is 0 Å². The van der Waals surface area contributed by atoms with E-state index in [1.807, 2.05) is 13.8 Å². The van der Waals surface area contributed by atoms with Crippen LogP contribution in [0.2, 0.25) is 0 Å². The number of aromatic nitrogens is 2. The Balaban J connectivity index is 2.62. The molecule has 0 aliphatic rings. The lowest BCUT2D eigenvalue weighted by Gasteiger charge is -2.28. The van der Waals surface area contributed by atoms with Crippen LogP contribution < -0.4 is 5.32 Å². The van der Waals surface area contributed by atoms with Gasteiger partial charge in [-0.15, -0.1) is 0 Å². The van der Waals surface area contributed by atoms with Crippen molar-refractivity contribution in [2.75, 3.05) is 6.54 Å². The van der Waals surface area contributed by atoms with Crippen molar-refractivity contribution in [3.63, 3.8) is 0 Å². The zero-order valence-corrected chi connectivity index (χ0v) is 11.7. The van der Waals surface area contributed by atoms with Crippen LogP contribution in [0, 0.1) is 0 Å². The van der Waals surface area contributed by atoms with Crippen molar-refractivity contribution in [3.05, 3.63) is 18.5 Å². The Hall–Kier alpha value is -1.14. The standard InChI is InChI=1S/C12H19N3O2S/c1-4-15-12(3,10(16)17)8-9(2)18-11-13-6-5-7-14-11/h5-7,9,15H,4,8H2,1-3H3,(H,16,17). The molecule has 18 heavy (non-hydrogen) atoms. The van der Waals surface area contributed by atoms with Gasteiger partial charge in [0.25, 0.3) is 0 Å². The number of likely N-dealkylation sites (N-methyl/N-ethyl adjacent to an activating group) is 1. The first-order chi connectivity index (χ1) is 8.48. The van der Waals surface area contributed by atoms with Crippen molar-refractivity contribution in [1.29, 1.82) is 0 Å². The van der Waals surface area contributed by atoms with E-state index in [0.29, 0.717) is 18.1 Å². The van der Waals surface area contributed by atoms with Gasteiger partial charge in [0.05, 0.1) is 0 Å². The molecule has 6 heteroatoms. The predicted octanol–water partition coefficient (Wildman–Crippen LogP) is 1.80. The smallest absolute Gasteiger partial charge is 0.323 e. The zero-order valence-electron chi connectivity index (χ0n) is 10.9. The number of hydrogen-bond acceptors (Lipinski definition) is 5. The quantitative estimate of drug-likeness (QED) is 0.581. The highest BCUT2D eigenvalue weighted by Crippen LogP contribution is 2.26. The molecule has 1 aromatic heterocycles. The number of hydrogen-bond donors (Lipinski definition) is 2. The third kappa shape index (κ3) is 4.27. The number of carboxylic acid groups (broad SMARTS) is 1. The molecule has 0 aromatic carbocycles. The Kier molecular flexibility index (Phi) is 5.55. The van der Waals surface area contributed by atoms with Crippen LogP contribution in [0.5, 0.6) is 0 Å². The number of carboxylic acids is 1. The normalized spacial score (nSPS) is 15.9. The number of carbonyl (C=O) groups is 1. The largest absolute Gasteiger partial charge is 0.480 e. The van der Waals surface area contributed by atoms with Crippen molar-refractivity contribution in [1.82, 2.24) is 15.3 Å². The van der Waals surface area contributed by atoms with Crippen molar-refractivity contribution in [3.8, 4) is 0 Å². The molecule has 100 valence electrons. The molecular weight excluding hydrogens is 250 g/mol. The van der Waals surface area contributed by atoms with Gasteiger partial charge in [0.15, 0.2) is 5.16 Å². The maximum atomic E-state index is 11.3. The minimum absolute atomic E-state index is 0.118. The Morgan fingerprint density at radius 2 is 2.17 bits per heavy atom. The molecule has 1 rings (SSSR count). The average Bonchev–Trinajstić information content (AvgIpc) is 2.30. The van der Waals surface area contributed by atoms with E-state index in [0.717, 1.165) is 0 Å². The number of aliphatic carboxylic acids is 1. The third-order valence-electron chi connectivity index (χ3n) is 2.58. The van der Waals surface area contributed by atoms with Gasteiger partial charge in [0.1, 0.15) is 5.54 Å². The summed E-state index contributed by atoms with van der Waals surface area (Å²) < 4.78 is 0. The van der Waals surface area contributed by atoms with Crippen LogP contribution in [0.1, 0.15) is 27.2 Å². The fraction of sp³-hybridized carbons (Fsp3) is 0.583.